The smallest absolute Gasteiger partial charge is 0.400 e. The molecule has 0 aliphatic rings. The van der Waals surface area contributed by atoms with Crippen molar-refractivity contribution in [2.75, 3.05) is 6.54 Å². The fourth-order valence-electron chi connectivity index (χ4n) is 3.57. The Balaban J connectivity index is 1.85. The Hall–Kier alpha value is -3.42. The van der Waals surface area contributed by atoms with E-state index in [0.29, 0.717) is 0 Å². The molecule has 2 aromatic heterocycles. The molecule has 36 heavy (non-hydrogen) atoms. The molecule has 14 heteroatoms. The third-order valence-electron chi connectivity index (χ3n) is 5.37. The minimum atomic E-state index is -5.58. The van der Waals surface area contributed by atoms with Gasteiger partial charge in [-0.05, 0) is 37.6 Å². The monoisotopic (exact) mass is 524 g/mol. The number of aryl methyl sites for hydroxylation is 1. The number of rotatable bonds is 8. The Labute approximate surface area is 199 Å². The van der Waals surface area contributed by atoms with Crippen LogP contribution in [-0.4, -0.2) is 40.2 Å². The van der Waals surface area contributed by atoms with Crippen molar-refractivity contribution in [2.24, 2.45) is 11.7 Å². The van der Waals surface area contributed by atoms with E-state index in [4.69, 9.17) is 10.5 Å². The van der Waals surface area contributed by atoms with E-state index < -0.39 is 61.4 Å². The van der Waals surface area contributed by atoms with E-state index >= 15 is 0 Å². The number of nitrogens with one attached hydrogen (secondary N) is 1. The predicted molar refractivity (Wildman–Crippen MR) is 111 cm³/mol. The van der Waals surface area contributed by atoms with Crippen molar-refractivity contribution >= 4 is 11.6 Å². The number of hydrogen-bond donors (Lipinski definition) is 2. The molecule has 0 fully saturated rings. The molecule has 2 heterocycles. The van der Waals surface area contributed by atoms with Gasteiger partial charge in [-0.1, -0.05) is 6.07 Å². The number of pyridine rings is 1. The summed E-state index contributed by atoms with van der Waals surface area (Å²) in [5, 5.41) is 2.10. The van der Waals surface area contributed by atoms with Crippen molar-refractivity contribution in [3.63, 3.8) is 0 Å². The normalized spacial score (nSPS) is 13.3. The van der Waals surface area contributed by atoms with Crippen molar-refractivity contribution in [3.8, 4) is 5.75 Å². The van der Waals surface area contributed by atoms with Gasteiger partial charge in [0.2, 0.25) is 0 Å². The van der Waals surface area contributed by atoms with Gasteiger partial charge in [-0.3, -0.25) is 9.20 Å². The maximum Gasteiger partial charge on any atom is 0.400 e. The number of hydrogen-bond acceptors (Lipinski definition) is 4. The first kappa shape index (κ1) is 27.2. The molecule has 3 rings (SSSR count). The van der Waals surface area contributed by atoms with E-state index in [9.17, 15) is 39.9 Å². The van der Waals surface area contributed by atoms with Gasteiger partial charge in [0, 0.05) is 18.8 Å². The van der Waals surface area contributed by atoms with Crippen molar-refractivity contribution in [3.05, 3.63) is 65.1 Å². The lowest BCUT2D eigenvalue weighted by molar-refractivity contribution is -0.286. The topological polar surface area (TPSA) is 81.7 Å². The summed E-state index contributed by atoms with van der Waals surface area (Å²) < 4.78 is 112. The molecule has 196 valence electrons. The molecule has 0 aliphatic heterocycles. The van der Waals surface area contributed by atoms with Crippen LogP contribution in [0.15, 0.2) is 36.5 Å². The van der Waals surface area contributed by atoms with Crippen LogP contribution in [0.3, 0.4) is 0 Å². The Kier molecular flexibility index (Phi) is 7.76. The van der Waals surface area contributed by atoms with Gasteiger partial charge in [-0.15, -0.1) is 0 Å². The number of amides is 1. The number of alkyl halides is 6. The molecule has 0 saturated carbocycles. The van der Waals surface area contributed by atoms with Gasteiger partial charge >= 0.3 is 12.4 Å². The van der Waals surface area contributed by atoms with Crippen molar-refractivity contribution in [1.82, 2.24) is 14.7 Å². The van der Waals surface area contributed by atoms with E-state index in [1.165, 1.54) is 35.7 Å². The highest BCUT2D eigenvalue weighted by atomic mass is 19.4. The highest BCUT2D eigenvalue weighted by molar-refractivity contribution is 5.95. The van der Waals surface area contributed by atoms with Crippen LogP contribution in [0.2, 0.25) is 0 Å². The minimum Gasteiger partial charge on any atom is -0.485 e. The first-order valence-corrected chi connectivity index (χ1v) is 10.4. The fourth-order valence-corrected chi connectivity index (χ4v) is 3.57. The summed E-state index contributed by atoms with van der Waals surface area (Å²) in [6, 6.07) is 4.42. The second-order valence-corrected chi connectivity index (χ2v) is 7.88. The van der Waals surface area contributed by atoms with Crippen LogP contribution in [0.25, 0.3) is 5.65 Å². The van der Waals surface area contributed by atoms with E-state index in [1.54, 1.807) is 0 Å². The third kappa shape index (κ3) is 5.86. The second kappa shape index (κ2) is 10.3. The molecule has 1 unspecified atom stereocenters. The maximum atomic E-state index is 13.9. The van der Waals surface area contributed by atoms with E-state index in [1.807, 2.05) is 0 Å². The van der Waals surface area contributed by atoms with Crippen LogP contribution in [0.4, 0.5) is 35.1 Å². The standard InChI is InChI=1S/C22H20F8N4O2/c1-11-18(20(35)33-12(9-31)8-17(21(25,26)27)22(28,29)30)34-7-3-6-16(19(34)32-11)36-10-13-14(23)4-2-5-15(13)24/h2-7,12,17H,8-10,31H2,1H3,(H,33,35). The highest BCUT2D eigenvalue weighted by Crippen LogP contribution is 2.42. The number of benzene rings is 1. The van der Waals surface area contributed by atoms with Crippen LogP contribution in [-0.2, 0) is 6.61 Å². The zero-order valence-electron chi connectivity index (χ0n) is 18.6. The quantitative estimate of drug-likeness (QED) is 0.419. The first-order chi connectivity index (χ1) is 16.7. The molecule has 0 radical (unpaired) electrons. The second-order valence-electron chi connectivity index (χ2n) is 7.88. The molecule has 1 atom stereocenters. The van der Waals surface area contributed by atoms with Crippen molar-refractivity contribution in [2.45, 2.75) is 38.3 Å². The van der Waals surface area contributed by atoms with Crippen LogP contribution < -0.4 is 15.8 Å². The van der Waals surface area contributed by atoms with Gasteiger partial charge in [-0.2, -0.15) is 26.3 Å². The minimum absolute atomic E-state index is 0.0203. The number of aromatic nitrogens is 2. The Morgan fingerprint density at radius 1 is 1.08 bits per heavy atom. The molecule has 0 aliphatic carbocycles. The van der Waals surface area contributed by atoms with Crippen LogP contribution >= 0.6 is 0 Å². The van der Waals surface area contributed by atoms with Gasteiger partial charge in [0.15, 0.2) is 17.3 Å². The molecule has 3 aromatic rings. The Morgan fingerprint density at radius 2 is 1.69 bits per heavy atom. The van der Waals surface area contributed by atoms with E-state index in [2.05, 4.69) is 10.3 Å². The molecule has 1 amide bonds. The number of carbonyl (C=O) groups is 1. The van der Waals surface area contributed by atoms with E-state index in [0.717, 1.165) is 12.1 Å². The Morgan fingerprint density at radius 3 is 2.25 bits per heavy atom. The predicted octanol–water partition coefficient (Wildman–Crippen LogP) is 4.69. The Bertz CT molecular complexity index is 1200. The average Bonchev–Trinajstić information content (AvgIpc) is 3.11. The summed E-state index contributed by atoms with van der Waals surface area (Å²) in [6.45, 7) is 0.178. The summed E-state index contributed by atoms with van der Waals surface area (Å²) in [5.74, 6) is -6.36. The summed E-state index contributed by atoms with van der Waals surface area (Å²) in [4.78, 5) is 17.0. The molecule has 0 saturated heterocycles. The fraction of sp³-hybridized carbons (Fsp3) is 0.364. The molecule has 3 N–H and O–H groups in total. The summed E-state index contributed by atoms with van der Waals surface area (Å²) in [6.07, 6.45) is -11.3. The number of fused-ring (bicyclic) bond motifs is 1. The number of nitrogens with two attached hydrogens (primary N) is 1. The molecule has 6 nitrogen and oxygen atoms in total. The van der Waals surface area contributed by atoms with Gasteiger partial charge in [0.05, 0.1) is 11.3 Å². The summed E-state index contributed by atoms with van der Waals surface area (Å²) in [7, 11) is 0. The molecule has 1 aromatic carbocycles. The molecular formula is C22H20F8N4O2. The number of halogens is 8. The first-order valence-electron chi connectivity index (χ1n) is 10.4. The molecule has 0 spiro atoms. The number of nitrogens with zero attached hydrogens (tertiary/aromatic N) is 2. The van der Waals surface area contributed by atoms with Gasteiger partial charge in [0.25, 0.3) is 5.91 Å². The number of imidazole rings is 1. The van der Waals surface area contributed by atoms with Gasteiger partial charge in [-0.25, -0.2) is 13.8 Å². The number of carbonyl (C=O) groups excluding carboxylic acids is 1. The van der Waals surface area contributed by atoms with Gasteiger partial charge in [0.1, 0.15) is 23.9 Å². The zero-order valence-corrected chi connectivity index (χ0v) is 18.6. The maximum absolute atomic E-state index is 13.9. The van der Waals surface area contributed by atoms with Gasteiger partial charge < -0.3 is 15.8 Å². The average molecular weight is 524 g/mol. The van der Waals surface area contributed by atoms with Crippen LogP contribution in [0.1, 0.15) is 28.2 Å². The lowest BCUT2D eigenvalue weighted by Crippen LogP contribution is -2.47. The van der Waals surface area contributed by atoms with E-state index in [-0.39, 0.29) is 28.3 Å². The lowest BCUT2D eigenvalue weighted by Gasteiger charge is -2.27. The lowest BCUT2D eigenvalue weighted by atomic mass is 9.98. The van der Waals surface area contributed by atoms with Crippen molar-refractivity contribution < 1.29 is 44.7 Å². The summed E-state index contributed by atoms with van der Waals surface area (Å²) >= 11 is 0. The zero-order chi connectivity index (χ0) is 26.8. The van der Waals surface area contributed by atoms with Crippen molar-refractivity contribution in [1.29, 1.82) is 0 Å². The molecule has 0 bridgehead atoms. The SMILES string of the molecule is Cc1nc2c(OCc3c(F)cccc3F)cccn2c1C(=O)NC(CN)CC(C(F)(F)F)C(F)(F)F. The summed E-state index contributed by atoms with van der Waals surface area (Å²) in [5.41, 5.74) is 4.91. The largest absolute Gasteiger partial charge is 0.485 e. The third-order valence-corrected chi connectivity index (χ3v) is 5.37. The highest BCUT2D eigenvalue weighted by Gasteiger charge is 2.56. The number of ether oxygens (including phenoxy) is 1. The van der Waals surface area contributed by atoms with Crippen LogP contribution in [0, 0.1) is 24.5 Å². The van der Waals surface area contributed by atoms with Crippen LogP contribution in [0.5, 0.6) is 5.75 Å². The molecular weight excluding hydrogens is 504 g/mol.